The quantitative estimate of drug-likeness (QED) is 0.674. The molecular weight excluding hydrogens is 182 g/mol. The zero-order valence-corrected chi connectivity index (χ0v) is 9.23. The van der Waals surface area contributed by atoms with Crippen molar-refractivity contribution < 1.29 is 0 Å². The maximum absolute atomic E-state index is 5.70. The molecule has 2 heteroatoms. The second-order valence-electron chi connectivity index (χ2n) is 3.40. The van der Waals surface area contributed by atoms with Gasteiger partial charge in [0.05, 0.1) is 0 Å². The summed E-state index contributed by atoms with van der Waals surface area (Å²) in [5.74, 6) is 0.671. The van der Waals surface area contributed by atoms with Gasteiger partial charge in [-0.05, 0) is 31.0 Å². The number of hydrogen-bond donors (Lipinski definition) is 0. The average molecular weight is 198 g/mol. The number of alkyl halides is 1. The Morgan fingerprint density at radius 3 is 2.62 bits per heavy atom. The van der Waals surface area contributed by atoms with Gasteiger partial charge in [0.15, 0.2) is 0 Å². The standard InChI is InChI=1S/C11H16ClN/c1-9-4-5-10(2)11(8-9)13(3)7-6-12/h4-5,8H,6-7H2,1-3H3. The second-order valence-corrected chi connectivity index (χ2v) is 3.78. The Labute approximate surface area is 85.3 Å². The maximum atomic E-state index is 5.70. The largest absolute Gasteiger partial charge is 0.373 e. The summed E-state index contributed by atoms with van der Waals surface area (Å²) in [4.78, 5) is 2.19. The Morgan fingerprint density at radius 1 is 1.31 bits per heavy atom. The van der Waals surface area contributed by atoms with Crippen molar-refractivity contribution in [2.24, 2.45) is 0 Å². The fourth-order valence-electron chi connectivity index (χ4n) is 1.38. The zero-order chi connectivity index (χ0) is 9.84. The van der Waals surface area contributed by atoms with Crippen LogP contribution in [0.4, 0.5) is 5.69 Å². The predicted octanol–water partition coefficient (Wildman–Crippen LogP) is 2.98. The SMILES string of the molecule is Cc1ccc(C)c(N(C)CCCl)c1. The first-order chi connectivity index (χ1) is 6.15. The van der Waals surface area contributed by atoms with Crippen LogP contribution in [-0.2, 0) is 0 Å². The van der Waals surface area contributed by atoms with Crippen LogP contribution < -0.4 is 4.90 Å². The van der Waals surface area contributed by atoms with Gasteiger partial charge >= 0.3 is 0 Å². The van der Waals surface area contributed by atoms with E-state index in [1.165, 1.54) is 16.8 Å². The van der Waals surface area contributed by atoms with Crippen molar-refractivity contribution in [1.29, 1.82) is 0 Å². The summed E-state index contributed by atoms with van der Waals surface area (Å²) in [6.45, 7) is 5.13. The molecule has 0 spiro atoms. The van der Waals surface area contributed by atoms with Crippen LogP contribution in [0.15, 0.2) is 18.2 Å². The molecule has 0 aromatic heterocycles. The fourth-order valence-corrected chi connectivity index (χ4v) is 1.63. The number of halogens is 1. The minimum Gasteiger partial charge on any atom is -0.373 e. The van der Waals surface area contributed by atoms with Gasteiger partial charge in [-0.25, -0.2) is 0 Å². The Hall–Kier alpha value is -0.690. The molecule has 0 saturated heterocycles. The van der Waals surface area contributed by atoms with Crippen molar-refractivity contribution in [1.82, 2.24) is 0 Å². The van der Waals surface area contributed by atoms with E-state index in [1.54, 1.807) is 0 Å². The van der Waals surface area contributed by atoms with E-state index in [0.717, 1.165) is 6.54 Å². The molecule has 0 atom stereocenters. The molecule has 0 heterocycles. The van der Waals surface area contributed by atoms with Gasteiger partial charge in [-0.15, -0.1) is 11.6 Å². The summed E-state index contributed by atoms with van der Waals surface area (Å²) in [5, 5.41) is 0. The molecule has 0 fully saturated rings. The lowest BCUT2D eigenvalue weighted by Gasteiger charge is -2.20. The van der Waals surface area contributed by atoms with E-state index >= 15 is 0 Å². The van der Waals surface area contributed by atoms with Crippen molar-refractivity contribution >= 4 is 17.3 Å². The molecular formula is C11H16ClN. The van der Waals surface area contributed by atoms with E-state index in [4.69, 9.17) is 11.6 Å². The molecule has 0 bridgehead atoms. The first-order valence-corrected chi connectivity index (χ1v) is 5.03. The van der Waals surface area contributed by atoms with Crippen LogP contribution >= 0.6 is 11.6 Å². The van der Waals surface area contributed by atoms with Gasteiger partial charge in [0, 0.05) is 25.2 Å². The second kappa shape index (κ2) is 4.52. The molecule has 1 aromatic carbocycles. The lowest BCUT2D eigenvalue weighted by molar-refractivity contribution is 0.965. The maximum Gasteiger partial charge on any atom is 0.0399 e. The molecule has 0 unspecified atom stereocenters. The highest BCUT2D eigenvalue weighted by Gasteiger charge is 2.03. The van der Waals surface area contributed by atoms with Gasteiger partial charge in [0.1, 0.15) is 0 Å². The number of nitrogens with zero attached hydrogens (tertiary/aromatic N) is 1. The third-order valence-corrected chi connectivity index (χ3v) is 2.36. The number of benzene rings is 1. The van der Waals surface area contributed by atoms with E-state index < -0.39 is 0 Å². The summed E-state index contributed by atoms with van der Waals surface area (Å²) >= 11 is 5.70. The molecule has 0 N–H and O–H groups in total. The highest BCUT2D eigenvalue weighted by molar-refractivity contribution is 6.18. The first kappa shape index (κ1) is 10.4. The first-order valence-electron chi connectivity index (χ1n) is 4.49. The Morgan fingerprint density at radius 2 is 2.00 bits per heavy atom. The van der Waals surface area contributed by atoms with Gasteiger partial charge < -0.3 is 4.90 Å². The molecule has 0 aliphatic rings. The molecule has 72 valence electrons. The summed E-state index contributed by atoms with van der Waals surface area (Å²) in [5.41, 5.74) is 3.88. The Kier molecular flexibility index (Phi) is 3.61. The Balaban J connectivity index is 2.91. The van der Waals surface area contributed by atoms with Gasteiger partial charge in [-0.1, -0.05) is 12.1 Å². The summed E-state index contributed by atoms with van der Waals surface area (Å²) in [6, 6.07) is 6.48. The molecule has 0 aliphatic heterocycles. The molecule has 13 heavy (non-hydrogen) atoms. The molecule has 0 aliphatic carbocycles. The van der Waals surface area contributed by atoms with Gasteiger partial charge in [0.2, 0.25) is 0 Å². The number of hydrogen-bond acceptors (Lipinski definition) is 1. The smallest absolute Gasteiger partial charge is 0.0399 e. The van der Waals surface area contributed by atoms with Crippen LogP contribution in [0.5, 0.6) is 0 Å². The fraction of sp³-hybridized carbons (Fsp3) is 0.455. The lowest BCUT2D eigenvalue weighted by atomic mass is 10.1. The van der Waals surface area contributed by atoms with Crippen LogP contribution in [0.2, 0.25) is 0 Å². The molecule has 0 radical (unpaired) electrons. The van der Waals surface area contributed by atoms with Gasteiger partial charge in [-0.2, -0.15) is 0 Å². The van der Waals surface area contributed by atoms with Crippen molar-refractivity contribution in [2.75, 3.05) is 24.4 Å². The normalized spacial score (nSPS) is 10.2. The third kappa shape index (κ3) is 2.63. The predicted molar refractivity (Wildman–Crippen MR) is 59.9 cm³/mol. The van der Waals surface area contributed by atoms with Crippen molar-refractivity contribution in [3.8, 4) is 0 Å². The molecule has 0 saturated carbocycles. The van der Waals surface area contributed by atoms with E-state index in [0.29, 0.717) is 5.88 Å². The van der Waals surface area contributed by atoms with Crippen molar-refractivity contribution in [3.05, 3.63) is 29.3 Å². The monoisotopic (exact) mass is 197 g/mol. The number of rotatable bonds is 3. The minimum absolute atomic E-state index is 0.671. The van der Waals surface area contributed by atoms with E-state index in [2.05, 4.69) is 44.0 Å². The van der Waals surface area contributed by atoms with E-state index in [-0.39, 0.29) is 0 Å². The van der Waals surface area contributed by atoms with E-state index in [1.807, 2.05) is 0 Å². The lowest BCUT2D eigenvalue weighted by Crippen LogP contribution is -2.20. The number of anilines is 1. The van der Waals surface area contributed by atoms with Crippen LogP contribution in [0.1, 0.15) is 11.1 Å². The van der Waals surface area contributed by atoms with Crippen LogP contribution in [-0.4, -0.2) is 19.5 Å². The zero-order valence-electron chi connectivity index (χ0n) is 8.47. The summed E-state index contributed by atoms with van der Waals surface area (Å²) in [7, 11) is 2.07. The van der Waals surface area contributed by atoms with Crippen LogP contribution in [0.25, 0.3) is 0 Å². The Bertz CT molecular complexity index is 283. The summed E-state index contributed by atoms with van der Waals surface area (Å²) < 4.78 is 0. The van der Waals surface area contributed by atoms with Crippen LogP contribution in [0.3, 0.4) is 0 Å². The van der Waals surface area contributed by atoms with Gasteiger partial charge in [-0.3, -0.25) is 0 Å². The molecule has 1 nitrogen and oxygen atoms in total. The molecule has 1 rings (SSSR count). The number of aryl methyl sites for hydroxylation is 2. The third-order valence-electron chi connectivity index (χ3n) is 2.20. The molecule has 0 amide bonds. The molecule has 1 aromatic rings. The average Bonchev–Trinajstić information content (AvgIpc) is 2.09. The van der Waals surface area contributed by atoms with Crippen molar-refractivity contribution in [3.63, 3.8) is 0 Å². The van der Waals surface area contributed by atoms with Crippen LogP contribution in [0, 0.1) is 13.8 Å². The van der Waals surface area contributed by atoms with Crippen molar-refractivity contribution in [2.45, 2.75) is 13.8 Å². The highest BCUT2D eigenvalue weighted by atomic mass is 35.5. The summed E-state index contributed by atoms with van der Waals surface area (Å²) in [6.07, 6.45) is 0. The topological polar surface area (TPSA) is 3.24 Å². The van der Waals surface area contributed by atoms with Gasteiger partial charge in [0.25, 0.3) is 0 Å². The minimum atomic E-state index is 0.671. The van der Waals surface area contributed by atoms with E-state index in [9.17, 15) is 0 Å². The highest BCUT2D eigenvalue weighted by Crippen LogP contribution is 2.19.